The topological polar surface area (TPSA) is 106 Å². The first-order valence-corrected chi connectivity index (χ1v) is 9.56. The van der Waals surface area contributed by atoms with Crippen LogP contribution in [0.4, 0.5) is 29.7 Å². The first-order chi connectivity index (χ1) is 14.1. The van der Waals surface area contributed by atoms with Gasteiger partial charge in [-0.3, -0.25) is 14.3 Å². The number of hydrogen-bond acceptors (Lipinski definition) is 6. The van der Waals surface area contributed by atoms with Crippen molar-refractivity contribution in [1.82, 2.24) is 14.8 Å². The molecular formula is C18H15F3N6O2S. The molecule has 156 valence electrons. The highest BCUT2D eigenvalue weighted by Crippen LogP contribution is 2.33. The number of fused-ring (bicyclic) bond motifs is 1. The van der Waals surface area contributed by atoms with Crippen LogP contribution in [0.25, 0.3) is 0 Å². The zero-order valence-electron chi connectivity index (χ0n) is 15.5. The highest BCUT2D eigenvalue weighted by Gasteiger charge is 2.35. The first-order valence-electron chi connectivity index (χ1n) is 8.74. The molecule has 3 N–H and O–H groups in total. The third-order valence-electron chi connectivity index (χ3n) is 4.61. The summed E-state index contributed by atoms with van der Waals surface area (Å²) in [5.74, 6) is -0.975. The molecule has 0 radical (unpaired) electrons. The standard InChI is InChI=1S/C18H15F3N6O2S/c1-9-8-26(11-4-2-10(3-5-11)18(19,20)21)16(29)14-12(6-24-27(9)14)25-15(28)13-7-23-17(22)30-13/h2-7,9H,8H2,1H3,(H2,22,23)(H,25,28)/t9-/m0/s1. The van der Waals surface area contributed by atoms with E-state index in [-0.39, 0.29) is 34.0 Å². The zero-order chi connectivity index (χ0) is 21.6. The lowest BCUT2D eigenvalue weighted by Gasteiger charge is -2.32. The molecule has 1 aliphatic heterocycles. The van der Waals surface area contributed by atoms with Gasteiger partial charge in [0.2, 0.25) is 0 Å². The van der Waals surface area contributed by atoms with Gasteiger partial charge in [0.05, 0.1) is 29.7 Å². The van der Waals surface area contributed by atoms with Crippen molar-refractivity contribution in [1.29, 1.82) is 0 Å². The van der Waals surface area contributed by atoms with E-state index >= 15 is 0 Å². The van der Waals surface area contributed by atoms with Gasteiger partial charge in [-0.05, 0) is 31.2 Å². The lowest BCUT2D eigenvalue weighted by molar-refractivity contribution is -0.137. The molecule has 30 heavy (non-hydrogen) atoms. The van der Waals surface area contributed by atoms with Crippen LogP contribution in [0.3, 0.4) is 0 Å². The second-order valence-electron chi connectivity index (χ2n) is 6.68. The summed E-state index contributed by atoms with van der Waals surface area (Å²) in [6.45, 7) is 2.03. The summed E-state index contributed by atoms with van der Waals surface area (Å²) < 4.78 is 40.0. The number of carbonyl (C=O) groups is 2. The fourth-order valence-corrected chi connectivity index (χ4v) is 3.76. The number of rotatable bonds is 3. The molecule has 0 spiro atoms. The van der Waals surface area contributed by atoms with Crippen LogP contribution in [0.1, 0.15) is 38.7 Å². The number of hydrogen-bond donors (Lipinski definition) is 2. The number of anilines is 3. The Balaban J connectivity index is 1.63. The second-order valence-corrected chi connectivity index (χ2v) is 7.74. The predicted octanol–water partition coefficient (Wildman–Crippen LogP) is 3.41. The molecule has 1 atom stereocenters. The average Bonchev–Trinajstić information content (AvgIpc) is 3.31. The highest BCUT2D eigenvalue weighted by atomic mass is 32.1. The second kappa shape index (κ2) is 7.13. The Morgan fingerprint density at radius 3 is 2.57 bits per heavy atom. The summed E-state index contributed by atoms with van der Waals surface area (Å²) in [6.07, 6.45) is -1.78. The van der Waals surface area contributed by atoms with Crippen molar-refractivity contribution < 1.29 is 22.8 Å². The quantitative estimate of drug-likeness (QED) is 0.655. The van der Waals surface area contributed by atoms with Crippen LogP contribution < -0.4 is 16.0 Å². The molecule has 0 bridgehead atoms. The number of alkyl halides is 3. The van der Waals surface area contributed by atoms with Crippen molar-refractivity contribution in [2.75, 3.05) is 22.5 Å². The number of carbonyl (C=O) groups excluding carboxylic acids is 2. The Hall–Kier alpha value is -3.41. The fourth-order valence-electron chi connectivity index (χ4n) is 3.18. The Morgan fingerprint density at radius 2 is 1.97 bits per heavy atom. The Kier molecular flexibility index (Phi) is 4.73. The molecule has 3 heterocycles. The van der Waals surface area contributed by atoms with Gasteiger partial charge in [-0.1, -0.05) is 11.3 Å². The molecule has 1 aromatic carbocycles. The van der Waals surface area contributed by atoms with Gasteiger partial charge in [-0.2, -0.15) is 18.3 Å². The van der Waals surface area contributed by atoms with Crippen LogP contribution in [0.2, 0.25) is 0 Å². The Bertz CT molecular complexity index is 1120. The van der Waals surface area contributed by atoms with Crippen molar-refractivity contribution in [3.63, 3.8) is 0 Å². The van der Waals surface area contributed by atoms with E-state index in [1.807, 2.05) is 6.92 Å². The van der Waals surface area contributed by atoms with Crippen molar-refractivity contribution in [3.05, 3.63) is 52.8 Å². The van der Waals surface area contributed by atoms with E-state index in [2.05, 4.69) is 15.4 Å². The maximum atomic E-state index is 13.1. The number of nitrogens with one attached hydrogen (secondary N) is 1. The van der Waals surface area contributed by atoms with Gasteiger partial charge < -0.3 is 16.0 Å². The van der Waals surface area contributed by atoms with E-state index in [0.717, 1.165) is 23.5 Å². The Morgan fingerprint density at radius 1 is 1.27 bits per heavy atom. The van der Waals surface area contributed by atoms with Crippen molar-refractivity contribution in [2.24, 2.45) is 0 Å². The molecule has 0 aliphatic carbocycles. The largest absolute Gasteiger partial charge is 0.416 e. The summed E-state index contributed by atoms with van der Waals surface area (Å²) in [7, 11) is 0. The van der Waals surface area contributed by atoms with Crippen LogP contribution in [0.5, 0.6) is 0 Å². The molecule has 2 aromatic heterocycles. The van der Waals surface area contributed by atoms with E-state index in [0.29, 0.717) is 5.69 Å². The number of nitrogen functional groups attached to an aromatic ring is 1. The summed E-state index contributed by atoms with van der Waals surface area (Å²) in [6, 6.07) is 4.09. The maximum Gasteiger partial charge on any atom is 0.416 e. The third kappa shape index (κ3) is 3.49. The number of nitrogens with two attached hydrogens (primary N) is 1. The smallest absolute Gasteiger partial charge is 0.375 e. The number of halogens is 3. The number of nitrogens with zero attached hydrogens (tertiary/aromatic N) is 4. The summed E-state index contributed by atoms with van der Waals surface area (Å²) in [4.78, 5) is 31.0. The van der Waals surface area contributed by atoms with Gasteiger partial charge in [-0.15, -0.1) is 0 Å². The molecule has 3 aromatic rings. The monoisotopic (exact) mass is 436 g/mol. The van der Waals surface area contributed by atoms with Gasteiger partial charge in [0.1, 0.15) is 4.88 Å². The van der Waals surface area contributed by atoms with Gasteiger partial charge in [0.15, 0.2) is 10.8 Å². The normalized spacial score (nSPS) is 16.5. The fraction of sp³-hybridized carbons (Fsp3) is 0.222. The number of benzene rings is 1. The number of aromatic nitrogens is 3. The minimum Gasteiger partial charge on any atom is -0.375 e. The molecule has 8 nitrogen and oxygen atoms in total. The molecule has 1 aliphatic rings. The van der Waals surface area contributed by atoms with E-state index in [1.54, 1.807) is 0 Å². The van der Waals surface area contributed by atoms with Crippen LogP contribution in [0.15, 0.2) is 36.7 Å². The minimum absolute atomic E-state index is 0.138. The maximum absolute atomic E-state index is 13.1. The summed E-state index contributed by atoms with van der Waals surface area (Å²) >= 11 is 0.997. The average molecular weight is 436 g/mol. The molecule has 12 heteroatoms. The molecular weight excluding hydrogens is 421 g/mol. The number of amides is 2. The molecule has 2 amide bonds. The van der Waals surface area contributed by atoms with Gasteiger partial charge in [-0.25, -0.2) is 4.98 Å². The summed E-state index contributed by atoms with van der Waals surface area (Å²) in [5, 5.41) is 7.04. The van der Waals surface area contributed by atoms with Crippen LogP contribution in [-0.2, 0) is 6.18 Å². The molecule has 0 saturated carbocycles. The van der Waals surface area contributed by atoms with E-state index in [9.17, 15) is 22.8 Å². The van der Waals surface area contributed by atoms with Crippen molar-refractivity contribution in [3.8, 4) is 0 Å². The lowest BCUT2D eigenvalue weighted by Crippen LogP contribution is -2.43. The predicted molar refractivity (Wildman–Crippen MR) is 105 cm³/mol. The van der Waals surface area contributed by atoms with E-state index in [4.69, 9.17) is 5.73 Å². The highest BCUT2D eigenvalue weighted by molar-refractivity contribution is 7.17. The van der Waals surface area contributed by atoms with Crippen molar-refractivity contribution in [2.45, 2.75) is 19.1 Å². The van der Waals surface area contributed by atoms with Gasteiger partial charge in [0, 0.05) is 12.2 Å². The van der Waals surface area contributed by atoms with Crippen molar-refractivity contribution >= 4 is 39.7 Å². The van der Waals surface area contributed by atoms with Crippen LogP contribution in [0, 0.1) is 0 Å². The van der Waals surface area contributed by atoms with Gasteiger partial charge >= 0.3 is 6.18 Å². The Labute approximate surface area is 172 Å². The molecule has 0 fully saturated rings. The van der Waals surface area contributed by atoms with Crippen LogP contribution >= 0.6 is 11.3 Å². The number of thiazole rings is 1. The molecule has 0 unspecified atom stereocenters. The third-order valence-corrected chi connectivity index (χ3v) is 5.43. The van der Waals surface area contributed by atoms with E-state index < -0.39 is 23.6 Å². The first kappa shape index (κ1) is 19.9. The lowest BCUT2D eigenvalue weighted by atomic mass is 10.1. The molecule has 4 rings (SSSR count). The zero-order valence-corrected chi connectivity index (χ0v) is 16.3. The minimum atomic E-state index is -4.46. The summed E-state index contributed by atoms with van der Waals surface area (Å²) in [5.41, 5.74) is 5.39. The SMILES string of the molecule is C[C@H]1CN(c2ccc(C(F)(F)F)cc2)C(=O)c2c(NC(=O)c3cnc(N)s3)cnn21. The molecule has 0 saturated heterocycles. The van der Waals surface area contributed by atoms with E-state index in [1.165, 1.54) is 34.1 Å². The van der Waals surface area contributed by atoms with Crippen LogP contribution in [-0.4, -0.2) is 33.1 Å². The van der Waals surface area contributed by atoms with Gasteiger partial charge in [0.25, 0.3) is 11.8 Å².